The number of nitrogens with zero attached hydrogens (tertiary/aromatic N) is 1. The van der Waals surface area contributed by atoms with Crippen molar-refractivity contribution >= 4 is 12.1 Å². The first-order chi connectivity index (χ1) is 10.6. The predicted octanol–water partition coefficient (Wildman–Crippen LogP) is -1.03. The first kappa shape index (κ1) is 23.4. The second-order valence-corrected chi connectivity index (χ2v) is 6.77. The Balaban J connectivity index is 0.00000529. The molecule has 0 aromatic carbocycles. The summed E-state index contributed by atoms with van der Waals surface area (Å²) in [5.74, 6) is -1.07. The van der Waals surface area contributed by atoms with Gasteiger partial charge in [-0.25, -0.2) is 4.79 Å². The maximum absolute atomic E-state index is 12.1. The summed E-state index contributed by atoms with van der Waals surface area (Å²) >= 11 is 0. The number of cyclic esters (lactones) is 1. The summed E-state index contributed by atoms with van der Waals surface area (Å²) in [5, 5.41) is 21.2. The van der Waals surface area contributed by atoms with E-state index < -0.39 is 23.4 Å². The SMILES string of the molecule is CC(C)=CCCC1(C)OC(=O)N(CCCCCC(=O)[O-])C1(C)O.[Na+]. The molecule has 1 fully saturated rings. The molecule has 1 amide bonds. The zero-order chi connectivity index (χ0) is 17.7. The molecule has 0 spiro atoms. The molecule has 24 heavy (non-hydrogen) atoms. The van der Waals surface area contributed by atoms with E-state index in [2.05, 4.69) is 6.08 Å². The van der Waals surface area contributed by atoms with Crippen LogP contribution in [0.25, 0.3) is 0 Å². The minimum absolute atomic E-state index is 0. The Hall–Kier alpha value is -0.560. The average molecular weight is 349 g/mol. The van der Waals surface area contributed by atoms with Gasteiger partial charge in [-0.15, -0.1) is 0 Å². The van der Waals surface area contributed by atoms with Gasteiger partial charge in [0.2, 0.25) is 0 Å². The van der Waals surface area contributed by atoms with Gasteiger partial charge in [-0.3, -0.25) is 4.90 Å². The summed E-state index contributed by atoms with van der Waals surface area (Å²) in [4.78, 5) is 23.8. The number of carboxylic acid groups (broad SMARTS) is 1. The van der Waals surface area contributed by atoms with Crippen molar-refractivity contribution in [2.45, 2.75) is 77.5 Å². The van der Waals surface area contributed by atoms with E-state index >= 15 is 0 Å². The number of aliphatic hydroxyl groups is 1. The maximum atomic E-state index is 12.1. The largest absolute Gasteiger partial charge is 1.00 e. The van der Waals surface area contributed by atoms with Crippen LogP contribution in [-0.4, -0.2) is 39.9 Å². The molecule has 1 aliphatic rings. The Morgan fingerprint density at radius 3 is 2.46 bits per heavy atom. The van der Waals surface area contributed by atoms with Crippen molar-refractivity contribution in [3.05, 3.63) is 11.6 Å². The third kappa shape index (κ3) is 6.06. The van der Waals surface area contributed by atoms with Gasteiger partial charge in [-0.05, 0) is 59.8 Å². The molecule has 0 bridgehead atoms. The second-order valence-electron chi connectivity index (χ2n) is 6.77. The van der Waals surface area contributed by atoms with Gasteiger partial charge in [0.05, 0.1) is 0 Å². The van der Waals surface area contributed by atoms with Gasteiger partial charge in [-0.1, -0.05) is 18.1 Å². The van der Waals surface area contributed by atoms with E-state index in [1.54, 1.807) is 13.8 Å². The van der Waals surface area contributed by atoms with E-state index in [1.165, 1.54) is 10.5 Å². The van der Waals surface area contributed by atoms with Crippen LogP contribution >= 0.6 is 0 Å². The molecule has 1 N–H and O–H groups in total. The number of carbonyl (C=O) groups excluding carboxylic acids is 2. The van der Waals surface area contributed by atoms with E-state index in [1.807, 2.05) is 13.8 Å². The number of rotatable bonds is 9. The molecule has 6 nitrogen and oxygen atoms in total. The van der Waals surface area contributed by atoms with Gasteiger partial charge in [-0.2, -0.15) is 0 Å². The van der Waals surface area contributed by atoms with Crippen LogP contribution in [0.3, 0.4) is 0 Å². The maximum Gasteiger partial charge on any atom is 1.00 e. The monoisotopic (exact) mass is 349 g/mol. The molecule has 1 saturated heterocycles. The number of allylic oxidation sites excluding steroid dienone is 2. The molecule has 2 unspecified atom stereocenters. The van der Waals surface area contributed by atoms with E-state index in [4.69, 9.17) is 4.74 Å². The van der Waals surface area contributed by atoms with Crippen LogP contribution in [0.4, 0.5) is 4.79 Å². The summed E-state index contributed by atoms with van der Waals surface area (Å²) in [6, 6.07) is 0. The van der Waals surface area contributed by atoms with E-state index in [0.717, 1.165) is 6.42 Å². The Bertz CT molecular complexity index is 474. The topological polar surface area (TPSA) is 89.9 Å². The first-order valence-electron chi connectivity index (χ1n) is 8.16. The van der Waals surface area contributed by atoms with E-state index in [0.29, 0.717) is 32.2 Å². The Kier molecular flexibility index (Phi) is 9.57. The summed E-state index contributed by atoms with van der Waals surface area (Å²) in [6.45, 7) is 7.69. The Morgan fingerprint density at radius 1 is 1.29 bits per heavy atom. The van der Waals surface area contributed by atoms with Crippen molar-refractivity contribution in [3.8, 4) is 0 Å². The summed E-state index contributed by atoms with van der Waals surface area (Å²) in [7, 11) is 0. The molecule has 132 valence electrons. The molecule has 2 atom stereocenters. The van der Waals surface area contributed by atoms with Gasteiger partial charge < -0.3 is 19.7 Å². The molecule has 0 aliphatic carbocycles. The molecule has 0 aromatic heterocycles. The number of amides is 1. The van der Waals surface area contributed by atoms with Crippen molar-refractivity contribution in [1.82, 2.24) is 4.90 Å². The van der Waals surface area contributed by atoms with Gasteiger partial charge in [0.15, 0.2) is 11.3 Å². The molecule has 7 heteroatoms. The van der Waals surface area contributed by atoms with Crippen LogP contribution in [0, 0.1) is 0 Å². The van der Waals surface area contributed by atoms with Crippen LogP contribution in [0.15, 0.2) is 11.6 Å². The number of carboxylic acids is 1. The van der Waals surface area contributed by atoms with Crippen LogP contribution in [0.5, 0.6) is 0 Å². The van der Waals surface area contributed by atoms with Gasteiger partial charge in [0.25, 0.3) is 0 Å². The van der Waals surface area contributed by atoms with Crippen molar-refractivity contribution in [3.63, 3.8) is 0 Å². The minimum Gasteiger partial charge on any atom is -0.550 e. The fourth-order valence-corrected chi connectivity index (χ4v) is 2.76. The molecule has 1 rings (SSSR count). The van der Waals surface area contributed by atoms with Crippen molar-refractivity contribution in [2.24, 2.45) is 0 Å². The van der Waals surface area contributed by atoms with Crippen molar-refractivity contribution in [1.29, 1.82) is 0 Å². The first-order valence-corrected chi connectivity index (χ1v) is 8.16. The summed E-state index contributed by atoms with van der Waals surface area (Å²) in [5.41, 5.74) is -1.16. The minimum atomic E-state index is -1.38. The fraction of sp³-hybridized carbons (Fsp3) is 0.765. The molecule has 1 aliphatic heterocycles. The van der Waals surface area contributed by atoms with Crippen LogP contribution < -0.4 is 34.7 Å². The van der Waals surface area contributed by atoms with E-state index in [-0.39, 0.29) is 36.0 Å². The van der Waals surface area contributed by atoms with Crippen LogP contribution in [-0.2, 0) is 9.53 Å². The molecule has 0 aromatic rings. The second kappa shape index (κ2) is 9.80. The smallest absolute Gasteiger partial charge is 0.550 e. The number of hydrogen-bond acceptors (Lipinski definition) is 5. The van der Waals surface area contributed by atoms with Crippen molar-refractivity contribution < 1.29 is 54.1 Å². The Morgan fingerprint density at radius 2 is 1.92 bits per heavy atom. The normalized spacial score (nSPS) is 25.9. The quantitative estimate of drug-likeness (QED) is 0.326. The number of aliphatic carboxylic acids is 1. The third-order valence-corrected chi connectivity index (χ3v) is 4.50. The zero-order valence-electron chi connectivity index (χ0n) is 15.6. The number of hydrogen-bond donors (Lipinski definition) is 1. The zero-order valence-corrected chi connectivity index (χ0v) is 17.6. The molecule has 0 saturated carbocycles. The molecule has 0 radical (unpaired) electrons. The van der Waals surface area contributed by atoms with Gasteiger partial charge in [0, 0.05) is 12.5 Å². The summed E-state index contributed by atoms with van der Waals surface area (Å²) < 4.78 is 5.46. The van der Waals surface area contributed by atoms with Crippen molar-refractivity contribution in [2.75, 3.05) is 6.54 Å². The number of unbranched alkanes of at least 4 members (excludes halogenated alkanes) is 2. The Labute approximate surface area is 166 Å². The van der Waals surface area contributed by atoms with Gasteiger partial charge >= 0.3 is 35.7 Å². The van der Waals surface area contributed by atoms with Gasteiger partial charge in [0.1, 0.15) is 0 Å². The number of carbonyl (C=O) groups is 2. The summed E-state index contributed by atoms with van der Waals surface area (Å²) in [6.07, 6.45) is 4.59. The van der Waals surface area contributed by atoms with Crippen LogP contribution in [0.1, 0.15) is 66.2 Å². The predicted molar refractivity (Wildman–Crippen MR) is 84.4 cm³/mol. The van der Waals surface area contributed by atoms with Crippen LogP contribution in [0.2, 0.25) is 0 Å². The molecular weight excluding hydrogens is 321 g/mol. The van der Waals surface area contributed by atoms with E-state index in [9.17, 15) is 19.8 Å². The number of ether oxygens (including phenoxy) is 1. The fourth-order valence-electron chi connectivity index (χ4n) is 2.76. The average Bonchev–Trinajstić information content (AvgIpc) is 2.56. The molecule has 1 heterocycles. The third-order valence-electron chi connectivity index (χ3n) is 4.50. The standard InChI is InChI=1S/C17H29NO5.Na/c1-13(2)9-8-11-16(3)17(4,22)18(15(21)23-16)12-7-5-6-10-14(19)20;/h9,22H,5-8,10-12H2,1-4H3,(H,19,20);/q;+1/p-1. The molecular formula is C17H28NNaO5.